The summed E-state index contributed by atoms with van der Waals surface area (Å²) in [4.78, 5) is 25.8. The van der Waals surface area contributed by atoms with Gasteiger partial charge in [-0.3, -0.25) is 19.2 Å². The smallest absolute Gasteiger partial charge is 0.238 e. The van der Waals surface area contributed by atoms with E-state index in [2.05, 4.69) is 20.6 Å². The fourth-order valence-electron chi connectivity index (χ4n) is 3.31. The van der Waals surface area contributed by atoms with E-state index in [4.69, 9.17) is 4.74 Å². The molecule has 0 radical (unpaired) electrons. The molecule has 132 valence electrons. The van der Waals surface area contributed by atoms with Crippen molar-refractivity contribution in [2.24, 2.45) is 7.05 Å². The monoisotopic (exact) mass is 335 g/mol. The zero-order chi connectivity index (χ0) is 17.2. The molecule has 3 heterocycles. The molecule has 1 aromatic heterocycles. The summed E-state index contributed by atoms with van der Waals surface area (Å²) in [7, 11) is 1.83. The molecular formula is C16H25N5O3. The van der Waals surface area contributed by atoms with Crippen LogP contribution in [0.25, 0.3) is 0 Å². The van der Waals surface area contributed by atoms with E-state index in [-0.39, 0.29) is 17.4 Å². The minimum absolute atomic E-state index is 0.0304. The van der Waals surface area contributed by atoms with Gasteiger partial charge in [0.1, 0.15) is 0 Å². The van der Waals surface area contributed by atoms with Gasteiger partial charge >= 0.3 is 0 Å². The minimum atomic E-state index is -0.265. The van der Waals surface area contributed by atoms with Gasteiger partial charge in [-0.15, -0.1) is 0 Å². The number of anilines is 1. The van der Waals surface area contributed by atoms with E-state index in [1.807, 2.05) is 14.0 Å². The molecule has 0 unspecified atom stereocenters. The average molecular weight is 335 g/mol. The Labute approximate surface area is 141 Å². The van der Waals surface area contributed by atoms with Crippen LogP contribution in [0, 0.1) is 6.92 Å². The summed E-state index contributed by atoms with van der Waals surface area (Å²) < 4.78 is 7.64. The van der Waals surface area contributed by atoms with Crippen LogP contribution in [0.4, 0.5) is 5.69 Å². The molecule has 0 saturated carbocycles. The van der Waals surface area contributed by atoms with Crippen molar-refractivity contribution < 1.29 is 14.3 Å². The lowest BCUT2D eigenvalue weighted by Crippen LogP contribution is -2.52. The molecule has 1 aromatic rings. The van der Waals surface area contributed by atoms with Gasteiger partial charge in [0.25, 0.3) is 0 Å². The standard InChI is InChI=1S/C16H25N5O3/c1-12-13(9-20(2)19-12)18-15(23)10-21-6-4-16(5-7-21)11-17-14(22)3-8-24-16/h9H,3-8,10-11H2,1-2H3,(H,17,22)(H,18,23). The Morgan fingerprint density at radius 2 is 2.21 bits per heavy atom. The molecule has 2 aliphatic rings. The maximum Gasteiger partial charge on any atom is 0.238 e. The zero-order valence-electron chi connectivity index (χ0n) is 14.3. The van der Waals surface area contributed by atoms with Gasteiger partial charge in [0.2, 0.25) is 11.8 Å². The summed E-state index contributed by atoms with van der Waals surface area (Å²) in [6.07, 6.45) is 3.89. The molecule has 3 rings (SSSR count). The first-order chi connectivity index (χ1) is 11.5. The number of carbonyl (C=O) groups is 2. The molecular weight excluding hydrogens is 310 g/mol. The second-order valence-corrected chi connectivity index (χ2v) is 6.68. The number of rotatable bonds is 3. The largest absolute Gasteiger partial charge is 0.373 e. The van der Waals surface area contributed by atoms with E-state index >= 15 is 0 Å². The second-order valence-electron chi connectivity index (χ2n) is 6.68. The molecule has 0 bridgehead atoms. The highest BCUT2D eigenvalue weighted by atomic mass is 16.5. The van der Waals surface area contributed by atoms with Crippen LogP contribution in [-0.4, -0.2) is 64.9 Å². The molecule has 2 aliphatic heterocycles. The number of nitrogens with one attached hydrogen (secondary N) is 2. The number of likely N-dealkylation sites (tertiary alicyclic amines) is 1. The number of amides is 2. The molecule has 2 N–H and O–H groups in total. The summed E-state index contributed by atoms with van der Waals surface area (Å²) in [5.41, 5.74) is 1.30. The molecule has 2 amide bonds. The first-order valence-corrected chi connectivity index (χ1v) is 8.39. The Kier molecular flexibility index (Phi) is 4.86. The van der Waals surface area contributed by atoms with Crippen LogP contribution in [0.15, 0.2) is 6.20 Å². The van der Waals surface area contributed by atoms with Gasteiger partial charge < -0.3 is 15.4 Å². The van der Waals surface area contributed by atoms with Crippen LogP contribution in [0.5, 0.6) is 0 Å². The summed E-state index contributed by atoms with van der Waals surface area (Å²) in [5.74, 6) is 0.0256. The molecule has 0 atom stereocenters. The molecule has 1 spiro atoms. The first-order valence-electron chi connectivity index (χ1n) is 8.39. The lowest BCUT2D eigenvalue weighted by atomic mass is 9.91. The van der Waals surface area contributed by atoms with Gasteiger partial charge in [0.05, 0.1) is 30.1 Å². The number of nitrogens with zero attached hydrogens (tertiary/aromatic N) is 3. The van der Waals surface area contributed by atoms with Crippen molar-refractivity contribution in [1.29, 1.82) is 0 Å². The normalized spacial score (nSPS) is 21.3. The van der Waals surface area contributed by atoms with Gasteiger partial charge in [-0.05, 0) is 19.8 Å². The van der Waals surface area contributed by atoms with Crippen molar-refractivity contribution in [2.45, 2.75) is 31.8 Å². The topological polar surface area (TPSA) is 88.5 Å². The third kappa shape index (κ3) is 3.93. The molecule has 8 nitrogen and oxygen atoms in total. The van der Waals surface area contributed by atoms with Crippen molar-refractivity contribution in [3.63, 3.8) is 0 Å². The lowest BCUT2D eigenvalue weighted by molar-refractivity contribution is -0.121. The minimum Gasteiger partial charge on any atom is -0.373 e. The highest BCUT2D eigenvalue weighted by Crippen LogP contribution is 2.27. The predicted octanol–water partition coefficient (Wildman–Crippen LogP) is 0.0381. The predicted molar refractivity (Wildman–Crippen MR) is 88.6 cm³/mol. The second kappa shape index (κ2) is 6.90. The molecule has 2 saturated heterocycles. The number of hydrogen-bond acceptors (Lipinski definition) is 5. The molecule has 0 aliphatic carbocycles. The highest BCUT2D eigenvalue weighted by Gasteiger charge is 2.37. The molecule has 0 aromatic carbocycles. The van der Waals surface area contributed by atoms with Gasteiger partial charge in [-0.1, -0.05) is 0 Å². The van der Waals surface area contributed by atoms with E-state index in [1.165, 1.54) is 0 Å². The molecule has 8 heteroatoms. The molecule has 2 fully saturated rings. The van der Waals surface area contributed by atoms with Crippen molar-refractivity contribution in [3.05, 3.63) is 11.9 Å². The van der Waals surface area contributed by atoms with E-state index in [0.29, 0.717) is 26.1 Å². The van der Waals surface area contributed by atoms with Crippen LogP contribution in [0.1, 0.15) is 25.0 Å². The van der Waals surface area contributed by atoms with Crippen molar-refractivity contribution >= 4 is 17.5 Å². The summed E-state index contributed by atoms with van der Waals surface area (Å²) in [6.45, 7) is 4.85. The Hall–Kier alpha value is -1.93. The fraction of sp³-hybridized carbons (Fsp3) is 0.688. The van der Waals surface area contributed by atoms with Crippen LogP contribution in [-0.2, 0) is 21.4 Å². The number of aryl methyl sites for hydroxylation is 2. The number of ether oxygens (including phenoxy) is 1. The third-order valence-corrected chi connectivity index (χ3v) is 4.77. The van der Waals surface area contributed by atoms with Gasteiger partial charge in [-0.2, -0.15) is 5.10 Å². The Bertz CT molecular complexity index is 619. The zero-order valence-corrected chi connectivity index (χ0v) is 14.3. The first kappa shape index (κ1) is 16.9. The summed E-state index contributed by atoms with van der Waals surface area (Å²) in [6, 6.07) is 0. The number of aromatic nitrogens is 2. The number of piperidine rings is 1. The highest BCUT2D eigenvalue weighted by molar-refractivity contribution is 5.92. The summed E-state index contributed by atoms with van der Waals surface area (Å²) in [5, 5.41) is 10.1. The fourth-order valence-corrected chi connectivity index (χ4v) is 3.31. The van der Waals surface area contributed by atoms with Gasteiger partial charge in [-0.25, -0.2) is 0 Å². The van der Waals surface area contributed by atoms with Crippen LogP contribution < -0.4 is 10.6 Å². The van der Waals surface area contributed by atoms with E-state index in [9.17, 15) is 9.59 Å². The maximum absolute atomic E-state index is 12.2. The average Bonchev–Trinajstić information content (AvgIpc) is 2.74. The Morgan fingerprint density at radius 3 is 2.88 bits per heavy atom. The Balaban J connectivity index is 1.49. The van der Waals surface area contributed by atoms with Gasteiger partial charge in [0.15, 0.2) is 0 Å². The molecule has 24 heavy (non-hydrogen) atoms. The quantitative estimate of drug-likeness (QED) is 0.814. The lowest BCUT2D eigenvalue weighted by Gasteiger charge is -2.40. The van der Waals surface area contributed by atoms with Crippen molar-refractivity contribution in [2.75, 3.05) is 38.1 Å². The van der Waals surface area contributed by atoms with Crippen molar-refractivity contribution in [1.82, 2.24) is 20.0 Å². The number of carbonyl (C=O) groups excluding carboxylic acids is 2. The van der Waals surface area contributed by atoms with Crippen LogP contribution in [0.3, 0.4) is 0 Å². The van der Waals surface area contributed by atoms with Crippen LogP contribution in [0.2, 0.25) is 0 Å². The van der Waals surface area contributed by atoms with Gasteiger partial charge in [0, 0.05) is 39.3 Å². The van der Waals surface area contributed by atoms with E-state index in [0.717, 1.165) is 37.3 Å². The third-order valence-electron chi connectivity index (χ3n) is 4.77. The van der Waals surface area contributed by atoms with E-state index in [1.54, 1.807) is 10.9 Å². The van der Waals surface area contributed by atoms with Crippen molar-refractivity contribution in [3.8, 4) is 0 Å². The maximum atomic E-state index is 12.2. The van der Waals surface area contributed by atoms with Crippen LogP contribution >= 0.6 is 0 Å². The number of hydrogen-bond donors (Lipinski definition) is 2. The summed E-state index contributed by atoms with van der Waals surface area (Å²) >= 11 is 0. The SMILES string of the molecule is Cc1nn(C)cc1NC(=O)CN1CCC2(CC1)CNC(=O)CCO2. The Morgan fingerprint density at radius 1 is 1.46 bits per heavy atom. The van der Waals surface area contributed by atoms with E-state index < -0.39 is 0 Å².